The number of ether oxygens (including phenoxy) is 1. The summed E-state index contributed by atoms with van der Waals surface area (Å²) in [6.45, 7) is 4.04. The first-order valence-electron chi connectivity index (χ1n) is 6.15. The van der Waals surface area contributed by atoms with Crippen molar-refractivity contribution in [3.8, 4) is 0 Å². The molecule has 0 unspecified atom stereocenters. The Balaban J connectivity index is 2.02. The third-order valence-corrected chi connectivity index (χ3v) is 6.20. The van der Waals surface area contributed by atoms with Crippen molar-refractivity contribution in [1.82, 2.24) is 0 Å². The van der Waals surface area contributed by atoms with E-state index in [0.29, 0.717) is 12.0 Å². The Bertz CT molecular complexity index is 633. The second kappa shape index (κ2) is 4.20. The molecule has 0 N–H and O–H groups in total. The molecular weight excluding hydrogens is 264 g/mol. The third kappa shape index (κ3) is 1.80. The molecule has 5 heteroatoms. The van der Waals surface area contributed by atoms with E-state index in [2.05, 4.69) is 6.58 Å². The first-order valence-corrected chi connectivity index (χ1v) is 7.69. The lowest BCUT2D eigenvalue weighted by Gasteiger charge is -2.18. The van der Waals surface area contributed by atoms with Crippen molar-refractivity contribution in [2.75, 3.05) is 6.61 Å². The number of benzene rings is 1. The molecule has 19 heavy (non-hydrogen) atoms. The molecule has 1 aliphatic heterocycles. The first-order chi connectivity index (χ1) is 9.01. The summed E-state index contributed by atoms with van der Waals surface area (Å²) < 4.78 is 30.3. The van der Waals surface area contributed by atoms with Gasteiger partial charge in [0.25, 0.3) is 0 Å². The topological polar surface area (TPSA) is 60.4 Å². The molecule has 0 amide bonds. The van der Waals surface area contributed by atoms with E-state index in [1.807, 2.05) is 0 Å². The summed E-state index contributed by atoms with van der Waals surface area (Å²) >= 11 is 0. The normalized spacial score (nSPS) is 30.2. The average Bonchev–Trinajstić information content (AvgIpc) is 2.90. The molecule has 1 saturated carbocycles. The lowest BCUT2D eigenvalue weighted by Crippen LogP contribution is -2.29. The average molecular weight is 278 g/mol. The fourth-order valence-corrected chi connectivity index (χ4v) is 5.11. The standard InChI is InChI=1S/C14H14O4S/c1-9-7-11-12(8-18-14(11)15)13(9)19(16,17)10-5-3-2-4-6-10/h2-6,11-13H,1,7-8H2/t11-,12-,13-/m1/s1. The lowest BCUT2D eigenvalue weighted by atomic mass is 10.0. The zero-order valence-corrected chi connectivity index (χ0v) is 11.1. The highest BCUT2D eigenvalue weighted by molar-refractivity contribution is 7.92. The Hall–Kier alpha value is -1.62. The number of esters is 1. The molecule has 100 valence electrons. The molecule has 0 radical (unpaired) electrons. The number of hydrogen-bond donors (Lipinski definition) is 0. The molecule has 1 aromatic carbocycles. The van der Waals surface area contributed by atoms with E-state index in [1.165, 1.54) is 0 Å². The van der Waals surface area contributed by atoms with E-state index in [0.717, 1.165) is 0 Å². The van der Waals surface area contributed by atoms with Crippen LogP contribution in [0.4, 0.5) is 0 Å². The molecule has 1 heterocycles. The van der Waals surface area contributed by atoms with Crippen molar-refractivity contribution in [2.45, 2.75) is 16.6 Å². The summed E-state index contributed by atoms with van der Waals surface area (Å²) in [6.07, 6.45) is 0.417. The molecule has 2 fully saturated rings. The Labute approximate surface area is 112 Å². The monoisotopic (exact) mass is 278 g/mol. The Morgan fingerprint density at radius 1 is 1.21 bits per heavy atom. The van der Waals surface area contributed by atoms with Gasteiger partial charge in [0.05, 0.1) is 22.7 Å². The highest BCUT2D eigenvalue weighted by Crippen LogP contribution is 2.45. The SMILES string of the molecule is C=C1C[C@H]2C(=O)OC[C@H]2[C@@H]1S(=O)(=O)c1ccccc1. The number of sulfone groups is 1. The van der Waals surface area contributed by atoms with Crippen LogP contribution in [-0.2, 0) is 19.4 Å². The van der Waals surface area contributed by atoms with E-state index in [1.54, 1.807) is 30.3 Å². The molecule has 3 atom stereocenters. The Morgan fingerprint density at radius 3 is 2.58 bits per heavy atom. The predicted molar refractivity (Wildman–Crippen MR) is 69.1 cm³/mol. The second-order valence-corrected chi connectivity index (χ2v) is 7.11. The van der Waals surface area contributed by atoms with Gasteiger partial charge in [0.15, 0.2) is 9.84 Å². The minimum atomic E-state index is -3.50. The van der Waals surface area contributed by atoms with Crippen LogP contribution in [0, 0.1) is 11.8 Å². The molecule has 0 bridgehead atoms. The van der Waals surface area contributed by atoms with Crippen LogP contribution < -0.4 is 0 Å². The van der Waals surface area contributed by atoms with E-state index in [-0.39, 0.29) is 29.3 Å². The molecule has 1 aliphatic carbocycles. The molecular formula is C14H14O4S. The van der Waals surface area contributed by atoms with Crippen molar-refractivity contribution < 1.29 is 17.9 Å². The van der Waals surface area contributed by atoms with E-state index < -0.39 is 15.1 Å². The summed E-state index contributed by atoms with van der Waals surface area (Å²) in [5.41, 5.74) is 0.621. The Kier molecular flexibility index (Phi) is 2.74. The van der Waals surface area contributed by atoms with Gasteiger partial charge in [-0.25, -0.2) is 8.42 Å². The van der Waals surface area contributed by atoms with Gasteiger partial charge in [-0.05, 0) is 18.6 Å². The van der Waals surface area contributed by atoms with Crippen LogP contribution in [0.15, 0.2) is 47.4 Å². The van der Waals surface area contributed by atoms with Gasteiger partial charge in [0.2, 0.25) is 0 Å². The molecule has 4 nitrogen and oxygen atoms in total. The number of rotatable bonds is 2. The van der Waals surface area contributed by atoms with Crippen LogP contribution in [0.5, 0.6) is 0 Å². The second-order valence-electron chi connectivity index (χ2n) is 5.04. The summed E-state index contributed by atoms with van der Waals surface area (Å²) in [5, 5.41) is -0.702. The van der Waals surface area contributed by atoms with E-state index in [9.17, 15) is 13.2 Å². The maximum absolute atomic E-state index is 12.7. The van der Waals surface area contributed by atoms with Gasteiger partial charge < -0.3 is 4.74 Å². The van der Waals surface area contributed by atoms with Gasteiger partial charge in [0, 0.05) is 5.92 Å². The zero-order chi connectivity index (χ0) is 13.6. The first kappa shape index (κ1) is 12.4. The van der Waals surface area contributed by atoms with Crippen molar-refractivity contribution in [3.05, 3.63) is 42.5 Å². The van der Waals surface area contributed by atoms with Gasteiger partial charge in [-0.3, -0.25) is 4.79 Å². The number of hydrogen-bond acceptors (Lipinski definition) is 4. The van der Waals surface area contributed by atoms with E-state index >= 15 is 0 Å². The van der Waals surface area contributed by atoms with Crippen LogP contribution >= 0.6 is 0 Å². The summed E-state index contributed by atoms with van der Waals surface area (Å²) in [7, 11) is -3.50. The number of carbonyl (C=O) groups is 1. The van der Waals surface area contributed by atoms with Crippen LogP contribution in [0.1, 0.15) is 6.42 Å². The van der Waals surface area contributed by atoms with Crippen molar-refractivity contribution in [1.29, 1.82) is 0 Å². The van der Waals surface area contributed by atoms with Gasteiger partial charge >= 0.3 is 5.97 Å². The Morgan fingerprint density at radius 2 is 1.89 bits per heavy atom. The smallest absolute Gasteiger partial charge is 0.309 e. The van der Waals surface area contributed by atoms with Crippen LogP contribution in [0.3, 0.4) is 0 Å². The number of cyclic esters (lactones) is 1. The highest BCUT2D eigenvalue weighted by Gasteiger charge is 2.53. The summed E-state index contributed by atoms with van der Waals surface area (Å²) in [5.74, 6) is -0.918. The number of carbonyl (C=O) groups excluding carboxylic acids is 1. The van der Waals surface area contributed by atoms with Gasteiger partial charge in [0.1, 0.15) is 0 Å². The maximum atomic E-state index is 12.7. The minimum Gasteiger partial charge on any atom is -0.465 e. The fourth-order valence-electron chi connectivity index (χ4n) is 3.02. The van der Waals surface area contributed by atoms with Crippen LogP contribution in [0.25, 0.3) is 0 Å². The zero-order valence-electron chi connectivity index (χ0n) is 10.3. The molecule has 0 spiro atoms. The van der Waals surface area contributed by atoms with Gasteiger partial charge in [-0.2, -0.15) is 0 Å². The third-order valence-electron chi connectivity index (χ3n) is 3.92. The quantitative estimate of drug-likeness (QED) is 0.608. The fraction of sp³-hybridized carbons (Fsp3) is 0.357. The lowest BCUT2D eigenvalue weighted by molar-refractivity contribution is -0.141. The van der Waals surface area contributed by atoms with Gasteiger partial charge in [-0.15, -0.1) is 0 Å². The van der Waals surface area contributed by atoms with Crippen molar-refractivity contribution >= 4 is 15.8 Å². The molecule has 1 saturated heterocycles. The van der Waals surface area contributed by atoms with Gasteiger partial charge in [-0.1, -0.05) is 30.4 Å². The van der Waals surface area contributed by atoms with Crippen LogP contribution in [-0.4, -0.2) is 26.2 Å². The minimum absolute atomic E-state index is 0.180. The predicted octanol–water partition coefficient (Wildman–Crippen LogP) is 1.58. The molecule has 3 rings (SSSR count). The molecule has 1 aromatic rings. The van der Waals surface area contributed by atoms with Crippen molar-refractivity contribution in [3.63, 3.8) is 0 Å². The van der Waals surface area contributed by atoms with E-state index in [4.69, 9.17) is 4.74 Å². The number of fused-ring (bicyclic) bond motifs is 1. The maximum Gasteiger partial charge on any atom is 0.309 e. The largest absolute Gasteiger partial charge is 0.465 e. The molecule has 2 aliphatic rings. The van der Waals surface area contributed by atoms with Crippen molar-refractivity contribution in [2.24, 2.45) is 11.8 Å². The summed E-state index contributed by atoms with van der Waals surface area (Å²) in [6, 6.07) is 8.31. The highest BCUT2D eigenvalue weighted by atomic mass is 32.2. The van der Waals surface area contributed by atoms with Crippen LogP contribution in [0.2, 0.25) is 0 Å². The molecule has 0 aromatic heterocycles. The summed E-state index contributed by atoms with van der Waals surface area (Å²) in [4.78, 5) is 11.8.